The molecule has 5 rings (SSSR count). The van der Waals surface area contributed by atoms with Crippen LogP contribution in [0.1, 0.15) is 29.5 Å². The molecule has 3 aromatic rings. The summed E-state index contributed by atoms with van der Waals surface area (Å²) in [5, 5.41) is 1.01. The summed E-state index contributed by atoms with van der Waals surface area (Å²) >= 11 is 1.71. The number of carbonyl (C=O) groups is 1. The average molecular weight is 513 g/mol. The van der Waals surface area contributed by atoms with Crippen molar-refractivity contribution in [3.05, 3.63) is 53.1 Å². The summed E-state index contributed by atoms with van der Waals surface area (Å²) in [5.41, 5.74) is 4.52. The van der Waals surface area contributed by atoms with E-state index < -0.39 is 10.0 Å². The second-order valence-electron chi connectivity index (χ2n) is 9.75. The molecule has 0 radical (unpaired) electrons. The number of sulfonamides is 1. The Labute approximate surface area is 211 Å². The number of hydrogen-bond donors (Lipinski definition) is 0. The molecule has 0 N–H and O–H groups in total. The summed E-state index contributed by atoms with van der Waals surface area (Å²) < 4.78 is 29.0. The number of rotatable bonds is 4. The van der Waals surface area contributed by atoms with Crippen molar-refractivity contribution in [1.29, 1.82) is 0 Å². The van der Waals surface area contributed by atoms with Crippen molar-refractivity contribution in [1.82, 2.24) is 14.2 Å². The number of aryl methyl sites for hydroxylation is 3. The molecule has 1 amide bonds. The third kappa shape index (κ3) is 4.81. The third-order valence-corrected chi connectivity index (χ3v) is 10.0. The summed E-state index contributed by atoms with van der Waals surface area (Å²) in [5.74, 6) is -0.215. The minimum Gasteiger partial charge on any atom is -0.345 e. The maximum Gasteiger partial charge on any atom is 0.243 e. The van der Waals surface area contributed by atoms with Gasteiger partial charge in [0.2, 0.25) is 15.9 Å². The first-order valence-corrected chi connectivity index (χ1v) is 14.5. The Hall–Kier alpha value is -2.49. The molecule has 1 unspecified atom stereocenters. The van der Waals surface area contributed by atoms with E-state index in [2.05, 4.69) is 30.9 Å². The van der Waals surface area contributed by atoms with Gasteiger partial charge >= 0.3 is 0 Å². The highest BCUT2D eigenvalue weighted by molar-refractivity contribution is 7.89. The zero-order valence-corrected chi connectivity index (χ0v) is 22.2. The molecule has 2 saturated heterocycles. The number of piperidine rings is 1. The lowest BCUT2D eigenvalue weighted by Gasteiger charge is -2.38. The molecular weight excluding hydrogens is 480 g/mol. The zero-order chi connectivity index (χ0) is 24.7. The van der Waals surface area contributed by atoms with Crippen LogP contribution < -0.4 is 4.90 Å². The number of piperazine rings is 1. The maximum absolute atomic E-state index is 13.3. The second-order valence-corrected chi connectivity index (χ2v) is 12.7. The van der Waals surface area contributed by atoms with Crippen molar-refractivity contribution >= 4 is 42.6 Å². The van der Waals surface area contributed by atoms with Gasteiger partial charge in [0.15, 0.2) is 5.13 Å². The van der Waals surface area contributed by atoms with Gasteiger partial charge in [0.1, 0.15) is 0 Å². The molecule has 0 bridgehead atoms. The standard InChI is InChI=1S/C26H32N4O3S2/c1-18-6-8-22(9-7-18)35(32,33)30-10-4-5-21(17-30)25(31)28-11-13-29(14-12-28)26-27-24-20(3)15-19(2)16-23(24)34-26/h6-9,15-16,21H,4-5,10-14,17H2,1-3H3. The van der Waals surface area contributed by atoms with Crippen molar-refractivity contribution in [3.63, 3.8) is 0 Å². The van der Waals surface area contributed by atoms with E-state index in [0.717, 1.165) is 35.7 Å². The van der Waals surface area contributed by atoms with Gasteiger partial charge < -0.3 is 9.80 Å². The Morgan fingerprint density at radius 1 is 0.971 bits per heavy atom. The number of benzene rings is 2. The number of thiazole rings is 1. The van der Waals surface area contributed by atoms with Gasteiger partial charge in [-0.05, 0) is 62.9 Å². The van der Waals surface area contributed by atoms with Crippen LogP contribution in [-0.4, -0.2) is 67.8 Å². The van der Waals surface area contributed by atoms with Crippen molar-refractivity contribution in [2.45, 2.75) is 38.5 Å². The number of fused-ring (bicyclic) bond motifs is 1. The second kappa shape index (κ2) is 9.52. The third-order valence-electron chi connectivity index (χ3n) is 7.07. The van der Waals surface area contributed by atoms with E-state index >= 15 is 0 Å². The number of amides is 1. The van der Waals surface area contributed by atoms with Crippen LogP contribution in [0.2, 0.25) is 0 Å². The molecule has 2 aliphatic rings. The molecule has 1 aromatic heterocycles. The number of nitrogens with zero attached hydrogens (tertiary/aromatic N) is 4. The summed E-state index contributed by atoms with van der Waals surface area (Å²) in [7, 11) is -3.59. The first kappa shape index (κ1) is 24.2. The topological polar surface area (TPSA) is 73.8 Å². The largest absolute Gasteiger partial charge is 0.345 e. The molecule has 186 valence electrons. The van der Waals surface area contributed by atoms with Gasteiger partial charge in [0.05, 0.1) is 21.0 Å². The van der Waals surface area contributed by atoms with E-state index in [1.807, 2.05) is 24.0 Å². The monoisotopic (exact) mass is 512 g/mol. The SMILES string of the molecule is Cc1ccc(S(=O)(=O)N2CCCC(C(=O)N3CCN(c4nc5c(C)cc(C)cc5s4)CC3)C2)cc1. The van der Waals surface area contributed by atoms with Crippen LogP contribution in [0.25, 0.3) is 10.2 Å². The number of carbonyl (C=O) groups excluding carboxylic acids is 1. The minimum atomic E-state index is -3.59. The molecule has 1 atom stereocenters. The van der Waals surface area contributed by atoms with Crippen LogP contribution in [0.3, 0.4) is 0 Å². The fraction of sp³-hybridized carbons (Fsp3) is 0.462. The smallest absolute Gasteiger partial charge is 0.243 e. The lowest BCUT2D eigenvalue weighted by molar-refractivity contribution is -0.137. The van der Waals surface area contributed by atoms with Gasteiger partial charge in [0, 0.05) is 39.3 Å². The Bertz CT molecular complexity index is 1340. The normalized spacial score (nSPS) is 19.9. The van der Waals surface area contributed by atoms with Gasteiger partial charge in [0.25, 0.3) is 0 Å². The number of anilines is 1. The first-order chi connectivity index (χ1) is 16.7. The predicted octanol–water partition coefficient (Wildman–Crippen LogP) is 3.97. The van der Waals surface area contributed by atoms with Gasteiger partial charge in [-0.15, -0.1) is 0 Å². The molecule has 9 heteroatoms. The van der Waals surface area contributed by atoms with Crippen LogP contribution in [0.4, 0.5) is 5.13 Å². The lowest BCUT2D eigenvalue weighted by atomic mass is 9.98. The van der Waals surface area contributed by atoms with E-state index in [9.17, 15) is 13.2 Å². The Morgan fingerprint density at radius 2 is 1.69 bits per heavy atom. The van der Waals surface area contributed by atoms with Crippen LogP contribution >= 0.6 is 11.3 Å². The Morgan fingerprint density at radius 3 is 2.40 bits per heavy atom. The molecular formula is C26H32N4O3S2. The molecule has 0 saturated carbocycles. The maximum atomic E-state index is 13.3. The van der Waals surface area contributed by atoms with Crippen LogP contribution in [0.5, 0.6) is 0 Å². The molecule has 35 heavy (non-hydrogen) atoms. The molecule has 2 aromatic carbocycles. The summed E-state index contributed by atoms with van der Waals surface area (Å²) in [6.07, 6.45) is 1.43. The van der Waals surface area contributed by atoms with E-state index in [1.165, 1.54) is 20.1 Å². The fourth-order valence-electron chi connectivity index (χ4n) is 5.09. The Balaban J connectivity index is 1.23. The van der Waals surface area contributed by atoms with Gasteiger partial charge in [-0.3, -0.25) is 4.79 Å². The predicted molar refractivity (Wildman–Crippen MR) is 141 cm³/mol. The summed E-state index contributed by atoms with van der Waals surface area (Å²) in [6.45, 7) is 9.60. The summed E-state index contributed by atoms with van der Waals surface area (Å²) in [4.78, 5) is 22.7. The fourth-order valence-corrected chi connectivity index (χ4v) is 7.81. The van der Waals surface area contributed by atoms with E-state index in [-0.39, 0.29) is 18.4 Å². The number of hydrogen-bond acceptors (Lipinski definition) is 6. The first-order valence-electron chi connectivity index (χ1n) is 12.2. The lowest BCUT2D eigenvalue weighted by Crippen LogP contribution is -2.53. The van der Waals surface area contributed by atoms with Gasteiger partial charge in [-0.25, -0.2) is 13.4 Å². The number of aromatic nitrogens is 1. The van der Waals surface area contributed by atoms with Crippen molar-refractivity contribution < 1.29 is 13.2 Å². The minimum absolute atomic E-state index is 0.0734. The van der Waals surface area contributed by atoms with Crippen molar-refractivity contribution in [2.24, 2.45) is 5.92 Å². The average Bonchev–Trinajstić information content (AvgIpc) is 3.28. The quantitative estimate of drug-likeness (QED) is 0.529. The van der Waals surface area contributed by atoms with E-state index in [1.54, 1.807) is 23.5 Å². The van der Waals surface area contributed by atoms with Crippen molar-refractivity contribution in [3.8, 4) is 0 Å². The zero-order valence-electron chi connectivity index (χ0n) is 20.5. The molecule has 7 nitrogen and oxygen atoms in total. The van der Waals surface area contributed by atoms with E-state index in [0.29, 0.717) is 31.0 Å². The molecule has 0 aliphatic carbocycles. The van der Waals surface area contributed by atoms with Crippen molar-refractivity contribution in [2.75, 3.05) is 44.2 Å². The van der Waals surface area contributed by atoms with E-state index in [4.69, 9.17) is 4.98 Å². The van der Waals surface area contributed by atoms with Crippen LogP contribution in [-0.2, 0) is 14.8 Å². The highest BCUT2D eigenvalue weighted by Crippen LogP contribution is 2.32. The van der Waals surface area contributed by atoms with Gasteiger partial charge in [-0.2, -0.15) is 4.31 Å². The summed E-state index contributed by atoms with van der Waals surface area (Å²) in [6, 6.07) is 11.3. The molecule has 3 heterocycles. The molecule has 2 aliphatic heterocycles. The molecule has 2 fully saturated rings. The highest BCUT2D eigenvalue weighted by Gasteiger charge is 2.36. The van der Waals surface area contributed by atoms with Gasteiger partial charge in [-0.1, -0.05) is 35.1 Å². The van der Waals surface area contributed by atoms with Crippen LogP contribution in [0, 0.1) is 26.7 Å². The molecule has 0 spiro atoms. The highest BCUT2D eigenvalue weighted by atomic mass is 32.2. The van der Waals surface area contributed by atoms with Crippen LogP contribution in [0.15, 0.2) is 41.3 Å². The Kier molecular flexibility index (Phi) is 6.59.